The molecule has 0 heterocycles. The van der Waals surface area contributed by atoms with Crippen molar-refractivity contribution < 1.29 is 13.9 Å². The Balaban J connectivity index is 2.63. The molecule has 0 aliphatic rings. The van der Waals surface area contributed by atoms with E-state index >= 15 is 0 Å². The van der Waals surface area contributed by atoms with Crippen LogP contribution in [0.5, 0.6) is 0 Å². The third-order valence-corrected chi connectivity index (χ3v) is 1.80. The molecular weight excluding hydrogens is 207 g/mol. The molecule has 0 bridgehead atoms. The molecule has 0 fully saturated rings. The lowest BCUT2D eigenvalue weighted by Gasteiger charge is -1.96. The lowest BCUT2D eigenvalue weighted by Crippen LogP contribution is -1.85. The number of halogens is 2. The van der Waals surface area contributed by atoms with Crippen molar-refractivity contribution in [3.8, 4) is 0 Å². The van der Waals surface area contributed by atoms with Crippen LogP contribution in [0.25, 0.3) is 6.08 Å². The van der Waals surface area contributed by atoms with Crippen LogP contribution in [0.1, 0.15) is 5.56 Å². The molecule has 0 saturated carbocycles. The van der Waals surface area contributed by atoms with Crippen molar-refractivity contribution in [2.45, 2.75) is 0 Å². The summed E-state index contributed by atoms with van der Waals surface area (Å²) in [6.45, 7) is 1.40. The number of rotatable bonds is 4. The third-order valence-electron chi connectivity index (χ3n) is 1.49. The van der Waals surface area contributed by atoms with Gasteiger partial charge in [0.2, 0.25) is 0 Å². The lowest BCUT2D eigenvalue weighted by molar-refractivity contribution is 0.314. The van der Waals surface area contributed by atoms with Gasteiger partial charge in [-0.2, -0.15) is 0 Å². The van der Waals surface area contributed by atoms with E-state index in [4.69, 9.17) is 11.6 Å². The van der Waals surface area contributed by atoms with Crippen molar-refractivity contribution in [1.82, 2.24) is 0 Å². The van der Waals surface area contributed by atoms with Gasteiger partial charge in [0.15, 0.2) is 0 Å². The summed E-state index contributed by atoms with van der Waals surface area (Å²) in [5.41, 5.74) is 0.654. The lowest BCUT2D eigenvalue weighted by atomic mass is 10.2. The van der Waals surface area contributed by atoms with Crippen molar-refractivity contribution in [2.75, 3.05) is 6.61 Å². The van der Waals surface area contributed by atoms with Gasteiger partial charge < -0.3 is 4.74 Å². The molecule has 73 valence electrons. The van der Waals surface area contributed by atoms with E-state index in [1.54, 1.807) is 18.2 Å². The van der Waals surface area contributed by atoms with Gasteiger partial charge in [0.1, 0.15) is 12.4 Å². The van der Waals surface area contributed by atoms with E-state index in [1.807, 2.05) is 0 Å². The molecule has 2 nitrogen and oxygen atoms in total. The average molecular weight is 214 g/mol. The first kappa shape index (κ1) is 10.7. The van der Waals surface area contributed by atoms with Crippen molar-refractivity contribution in [2.24, 2.45) is 0 Å². The van der Waals surface area contributed by atoms with E-state index in [0.29, 0.717) is 5.56 Å². The van der Waals surface area contributed by atoms with Crippen LogP contribution in [0.4, 0.5) is 4.39 Å². The van der Waals surface area contributed by atoms with Gasteiger partial charge in [0.05, 0.1) is 5.02 Å². The molecule has 1 radical (unpaired) electrons. The smallest absolute Gasteiger partial charge is 0.417 e. The van der Waals surface area contributed by atoms with Crippen LogP contribution in [0.2, 0.25) is 5.02 Å². The Labute approximate surface area is 85.9 Å². The van der Waals surface area contributed by atoms with Crippen molar-refractivity contribution >= 4 is 24.1 Å². The number of ether oxygens (including phenoxy) is 1. The molecule has 0 aliphatic carbocycles. The molecule has 1 aromatic carbocycles. The monoisotopic (exact) mass is 213 g/mol. The van der Waals surface area contributed by atoms with E-state index in [-0.39, 0.29) is 11.6 Å². The molecule has 0 N–H and O–H groups in total. The zero-order chi connectivity index (χ0) is 10.4. The number of hydrogen-bond donors (Lipinski definition) is 0. The second-order valence-corrected chi connectivity index (χ2v) is 2.88. The van der Waals surface area contributed by atoms with Crippen molar-refractivity contribution in [3.63, 3.8) is 0 Å². The quantitative estimate of drug-likeness (QED) is 0.719. The van der Waals surface area contributed by atoms with Gasteiger partial charge >= 0.3 is 6.47 Å². The molecular formula is C10H7ClFO2. The fourth-order valence-corrected chi connectivity index (χ4v) is 1.000. The van der Waals surface area contributed by atoms with Gasteiger partial charge in [-0.3, -0.25) is 0 Å². The summed E-state index contributed by atoms with van der Waals surface area (Å²) in [5.74, 6) is -0.475. The Morgan fingerprint density at radius 2 is 2.36 bits per heavy atom. The maximum absolute atomic E-state index is 12.9. The highest BCUT2D eigenvalue weighted by molar-refractivity contribution is 6.30. The van der Waals surface area contributed by atoms with Gasteiger partial charge in [0, 0.05) is 0 Å². The molecule has 1 aromatic rings. The van der Waals surface area contributed by atoms with Crippen LogP contribution in [0.3, 0.4) is 0 Å². The summed E-state index contributed by atoms with van der Waals surface area (Å²) in [6.07, 6.45) is 3.20. The van der Waals surface area contributed by atoms with E-state index in [1.165, 1.54) is 18.6 Å². The van der Waals surface area contributed by atoms with Crippen LogP contribution in [0.15, 0.2) is 24.3 Å². The maximum atomic E-state index is 12.9. The summed E-state index contributed by atoms with van der Waals surface area (Å²) in [7, 11) is 0. The zero-order valence-corrected chi connectivity index (χ0v) is 7.92. The highest BCUT2D eigenvalue weighted by Crippen LogP contribution is 2.16. The van der Waals surface area contributed by atoms with E-state index < -0.39 is 5.82 Å². The Morgan fingerprint density at radius 3 is 3.00 bits per heavy atom. The van der Waals surface area contributed by atoms with Crippen molar-refractivity contribution in [3.05, 3.63) is 40.7 Å². The third kappa shape index (κ3) is 3.18. The van der Waals surface area contributed by atoms with E-state index in [9.17, 15) is 9.18 Å². The predicted octanol–water partition coefficient (Wildman–Crippen LogP) is 2.58. The fraction of sp³-hybridized carbons (Fsp3) is 0.100. The molecule has 0 amide bonds. The minimum absolute atomic E-state index is 0.0830. The summed E-state index contributed by atoms with van der Waals surface area (Å²) in [4.78, 5) is 9.66. The first-order valence-corrected chi connectivity index (χ1v) is 4.22. The topological polar surface area (TPSA) is 26.3 Å². The Bertz CT molecular complexity index is 350. The normalized spacial score (nSPS) is 10.4. The Morgan fingerprint density at radius 1 is 1.57 bits per heavy atom. The number of carbonyl (C=O) groups excluding carboxylic acids is 1. The molecule has 4 heteroatoms. The SMILES string of the molecule is O=[C]OCC=Cc1ccc(Cl)c(F)c1. The maximum Gasteiger partial charge on any atom is 0.417 e. The minimum Gasteiger partial charge on any atom is -0.453 e. The van der Waals surface area contributed by atoms with Crippen LogP contribution >= 0.6 is 11.6 Å². The summed E-state index contributed by atoms with van der Waals surface area (Å²) in [6, 6.07) is 4.42. The molecule has 0 aromatic heterocycles. The Kier molecular flexibility index (Phi) is 4.13. The molecule has 0 aliphatic heterocycles. The second kappa shape index (κ2) is 5.40. The molecule has 0 unspecified atom stereocenters. The molecule has 14 heavy (non-hydrogen) atoms. The van der Waals surface area contributed by atoms with E-state index in [0.717, 1.165) is 0 Å². The second-order valence-electron chi connectivity index (χ2n) is 2.47. The van der Waals surface area contributed by atoms with Crippen LogP contribution < -0.4 is 0 Å². The first-order valence-electron chi connectivity index (χ1n) is 3.84. The predicted molar refractivity (Wildman–Crippen MR) is 52.1 cm³/mol. The highest BCUT2D eigenvalue weighted by atomic mass is 35.5. The van der Waals surface area contributed by atoms with Gasteiger partial charge in [0.25, 0.3) is 0 Å². The fourth-order valence-electron chi connectivity index (χ4n) is 0.882. The average Bonchev–Trinajstić information content (AvgIpc) is 2.18. The van der Waals surface area contributed by atoms with Crippen molar-refractivity contribution in [1.29, 1.82) is 0 Å². The van der Waals surface area contributed by atoms with Crippen LogP contribution in [-0.4, -0.2) is 13.1 Å². The number of benzene rings is 1. The van der Waals surface area contributed by atoms with Crippen LogP contribution in [-0.2, 0) is 9.53 Å². The Hall–Kier alpha value is -1.35. The first-order chi connectivity index (χ1) is 6.74. The summed E-state index contributed by atoms with van der Waals surface area (Å²) in [5, 5.41) is 0.0830. The molecule has 0 atom stereocenters. The van der Waals surface area contributed by atoms with Gasteiger partial charge in [-0.25, -0.2) is 9.18 Å². The molecule has 1 rings (SSSR count). The molecule has 0 saturated heterocycles. The summed E-state index contributed by atoms with van der Waals surface area (Å²) < 4.78 is 17.2. The zero-order valence-electron chi connectivity index (χ0n) is 7.17. The van der Waals surface area contributed by atoms with Gasteiger partial charge in [-0.15, -0.1) is 0 Å². The van der Waals surface area contributed by atoms with Gasteiger partial charge in [-0.05, 0) is 23.8 Å². The standard InChI is InChI=1S/C10H7ClFO2/c11-9-4-3-8(6-10(9)12)2-1-5-14-7-13/h1-4,6H,5H2. The largest absolute Gasteiger partial charge is 0.453 e. The summed E-state index contributed by atoms with van der Waals surface area (Å²) >= 11 is 5.49. The van der Waals surface area contributed by atoms with E-state index in [2.05, 4.69) is 4.74 Å². The minimum atomic E-state index is -0.475. The molecule has 0 spiro atoms. The highest BCUT2D eigenvalue weighted by Gasteiger charge is 1.97. The number of hydrogen-bond acceptors (Lipinski definition) is 2. The van der Waals surface area contributed by atoms with Gasteiger partial charge in [-0.1, -0.05) is 23.7 Å². The van der Waals surface area contributed by atoms with Crippen LogP contribution in [0, 0.1) is 5.82 Å².